The molecular weight excluding hydrogens is 250 g/mol. The van der Waals surface area contributed by atoms with Crippen LogP contribution in [-0.2, 0) is 11.3 Å². The molecule has 0 radical (unpaired) electrons. The second-order valence-electron chi connectivity index (χ2n) is 5.30. The van der Waals surface area contributed by atoms with Gasteiger partial charge in [-0.25, -0.2) is 0 Å². The lowest BCUT2D eigenvalue weighted by Crippen LogP contribution is -2.41. The maximum absolute atomic E-state index is 12.0. The number of amides is 1. The van der Waals surface area contributed by atoms with Crippen LogP contribution in [0.3, 0.4) is 0 Å². The largest absolute Gasteiger partial charge is 0.360 e. The molecule has 1 aromatic carbocycles. The molecule has 0 heterocycles. The van der Waals surface area contributed by atoms with Crippen LogP contribution in [0.15, 0.2) is 24.3 Å². The van der Waals surface area contributed by atoms with E-state index in [1.165, 1.54) is 0 Å². The highest BCUT2D eigenvalue weighted by molar-refractivity contribution is 5.81. The van der Waals surface area contributed by atoms with E-state index >= 15 is 0 Å². The predicted octanol–water partition coefficient (Wildman–Crippen LogP) is 2.28. The van der Waals surface area contributed by atoms with E-state index < -0.39 is 0 Å². The smallest absolute Gasteiger partial charge is 0.239 e. The van der Waals surface area contributed by atoms with Crippen LogP contribution in [0.2, 0.25) is 0 Å². The van der Waals surface area contributed by atoms with E-state index in [4.69, 9.17) is 5.73 Å². The summed E-state index contributed by atoms with van der Waals surface area (Å²) >= 11 is 0. The average molecular weight is 277 g/mol. The van der Waals surface area contributed by atoms with Gasteiger partial charge in [0.15, 0.2) is 0 Å². The summed E-state index contributed by atoms with van der Waals surface area (Å²) in [6.45, 7) is 7.99. The molecule has 0 unspecified atom stereocenters. The molecule has 1 amide bonds. The first-order valence-corrected chi connectivity index (χ1v) is 7.40. The molecule has 1 rings (SSSR count). The van der Waals surface area contributed by atoms with Crippen LogP contribution in [0.5, 0.6) is 0 Å². The summed E-state index contributed by atoms with van der Waals surface area (Å²) < 4.78 is 0. The van der Waals surface area contributed by atoms with E-state index in [0.29, 0.717) is 13.1 Å². The summed E-state index contributed by atoms with van der Waals surface area (Å²) in [4.78, 5) is 14.1. The Balaban J connectivity index is 2.65. The minimum atomic E-state index is 0.0788. The van der Waals surface area contributed by atoms with Gasteiger partial charge in [-0.05, 0) is 38.0 Å². The Morgan fingerprint density at radius 1 is 1.30 bits per heavy atom. The fourth-order valence-electron chi connectivity index (χ4n) is 2.01. The van der Waals surface area contributed by atoms with Crippen LogP contribution in [0.25, 0.3) is 0 Å². The van der Waals surface area contributed by atoms with E-state index in [1.807, 2.05) is 24.3 Å². The van der Waals surface area contributed by atoms with Crippen LogP contribution < -0.4 is 16.0 Å². The molecule has 0 aliphatic heterocycles. The standard InChI is InChI=1S/C16H27N3O/c1-4-5-10-18-16(20)12-19(13(2)3)15-8-6-14(11-17)7-9-15/h6-9,13H,4-5,10-12,17H2,1-3H3,(H,18,20). The van der Waals surface area contributed by atoms with Gasteiger partial charge in [-0.3, -0.25) is 4.79 Å². The molecule has 0 saturated heterocycles. The van der Waals surface area contributed by atoms with Crippen molar-refractivity contribution in [1.82, 2.24) is 5.32 Å². The molecule has 0 aliphatic rings. The van der Waals surface area contributed by atoms with Gasteiger partial charge in [0, 0.05) is 24.8 Å². The Hall–Kier alpha value is -1.55. The van der Waals surface area contributed by atoms with Gasteiger partial charge in [0.25, 0.3) is 0 Å². The zero-order valence-corrected chi connectivity index (χ0v) is 12.9. The van der Waals surface area contributed by atoms with Gasteiger partial charge in [-0.15, -0.1) is 0 Å². The number of hydrogen-bond acceptors (Lipinski definition) is 3. The molecule has 0 saturated carbocycles. The number of benzene rings is 1. The molecule has 4 nitrogen and oxygen atoms in total. The van der Waals surface area contributed by atoms with Crippen molar-refractivity contribution in [3.05, 3.63) is 29.8 Å². The number of nitrogens with two attached hydrogens (primary N) is 1. The first-order chi connectivity index (χ1) is 9.58. The summed E-state index contributed by atoms with van der Waals surface area (Å²) in [6, 6.07) is 8.36. The maximum Gasteiger partial charge on any atom is 0.239 e. The summed E-state index contributed by atoms with van der Waals surface area (Å²) in [7, 11) is 0. The number of carbonyl (C=O) groups is 1. The van der Waals surface area contributed by atoms with E-state index in [1.54, 1.807) is 0 Å². The minimum Gasteiger partial charge on any atom is -0.360 e. The number of anilines is 1. The second-order valence-corrected chi connectivity index (χ2v) is 5.30. The predicted molar refractivity (Wildman–Crippen MR) is 84.7 cm³/mol. The molecule has 0 aromatic heterocycles. The third-order valence-corrected chi connectivity index (χ3v) is 3.29. The van der Waals surface area contributed by atoms with Crippen LogP contribution in [0.1, 0.15) is 39.2 Å². The lowest BCUT2D eigenvalue weighted by Gasteiger charge is -2.28. The van der Waals surface area contributed by atoms with Crippen molar-refractivity contribution in [2.45, 2.75) is 46.2 Å². The number of nitrogens with one attached hydrogen (secondary N) is 1. The second kappa shape index (κ2) is 8.59. The van der Waals surface area contributed by atoms with E-state index in [-0.39, 0.29) is 11.9 Å². The van der Waals surface area contributed by atoms with Gasteiger partial charge in [0.2, 0.25) is 5.91 Å². The van der Waals surface area contributed by atoms with Gasteiger partial charge < -0.3 is 16.0 Å². The van der Waals surface area contributed by atoms with Crippen molar-refractivity contribution in [2.24, 2.45) is 5.73 Å². The maximum atomic E-state index is 12.0. The lowest BCUT2D eigenvalue weighted by molar-refractivity contribution is -0.119. The van der Waals surface area contributed by atoms with Crippen molar-refractivity contribution in [3.63, 3.8) is 0 Å². The molecular formula is C16H27N3O. The third-order valence-electron chi connectivity index (χ3n) is 3.29. The van der Waals surface area contributed by atoms with Crippen LogP contribution in [0, 0.1) is 0 Å². The van der Waals surface area contributed by atoms with Gasteiger partial charge in [0.05, 0.1) is 6.54 Å². The Morgan fingerprint density at radius 2 is 1.95 bits per heavy atom. The van der Waals surface area contributed by atoms with Crippen molar-refractivity contribution in [2.75, 3.05) is 18.0 Å². The van der Waals surface area contributed by atoms with Crippen LogP contribution in [-0.4, -0.2) is 25.0 Å². The minimum absolute atomic E-state index is 0.0788. The Labute approximate surface area is 122 Å². The summed E-state index contributed by atoms with van der Waals surface area (Å²) in [5.41, 5.74) is 7.77. The van der Waals surface area contributed by atoms with E-state index in [2.05, 4.69) is 31.0 Å². The highest BCUT2D eigenvalue weighted by Gasteiger charge is 2.14. The molecule has 0 atom stereocenters. The third kappa shape index (κ3) is 5.21. The molecule has 0 aliphatic carbocycles. The van der Waals surface area contributed by atoms with Gasteiger partial charge in [-0.2, -0.15) is 0 Å². The first kappa shape index (κ1) is 16.5. The summed E-state index contributed by atoms with van der Waals surface area (Å²) in [5.74, 6) is 0.0788. The summed E-state index contributed by atoms with van der Waals surface area (Å²) in [6.07, 6.45) is 2.12. The van der Waals surface area contributed by atoms with Crippen LogP contribution in [0.4, 0.5) is 5.69 Å². The normalized spacial score (nSPS) is 10.7. The fraction of sp³-hybridized carbons (Fsp3) is 0.562. The van der Waals surface area contributed by atoms with E-state index in [0.717, 1.165) is 30.6 Å². The number of unbranched alkanes of at least 4 members (excludes halogenated alkanes) is 1. The van der Waals surface area contributed by atoms with E-state index in [9.17, 15) is 4.79 Å². The molecule has 4 heteroatoms. The number of hydrogen-bond donors (Lipinski definition) is 2. The topological polar surface area (TPSA) is 58.4 Å². The zero-order chi connectivity index (χ0) is 15.0. The lowest BCUT2D eigenvalue weighted by atomic mass is 10.1. The Morgan fingerprint density at radius 3 is 2.45 bits per heavy atom. The van der Waals surface area contributed by atoms with Crippen LogP contribution >= 0.6 is 0 Å². The highest BCUT2D eigenvalue weighted by atomic mass is 16.2. The fourth-order valence-corrected chi connectivity index (χ4v) is 2.01. The van der Waals surface area contributed by atoms with Crippen molar-refractivity contribution in [3.8, 4) is 0 Å². The van der Waals surface area contributed by atoms with Gasteiger partial charge in [-0.1, -0.05) is 25.5 Å². The van der Waals surface area contributed by atoms with Crippen molar-refractivity contribution < 1.29 is 4.79 Å². The Bertz CT molecular complexity index is 401. The molecule has 0 spiro atoms. The zero-order valence-electron chi connectivity index (χ0n) is 12.9. The van der Waals surface area contributed by atoms with Crippen molar-refractivity contribution in [1.29, 1.82) is 0 Å². The molecule has 112 valence electrons. The molecule has 20 heavy (non-hydrogen) atoms. The molecule has 3 N–H and O–H groups in total. The molecule has 0 bridgehead atoms. The summed E-state index contributed by atoms with van der Waals surface area (Å²) in [5, 5.41) is 2.96. The van der Waals surface area contributed by atoms with Gasteiger partial charge in [0.1, 0.15) is 0 Å². The highest BCUT2D eigenvalue weighted by Crippen LogP contribution is 2.17. The first-order valence-electron chi connectivity index (χ1n) is 7.40. The van der Waals surface area contributed by atoms with Gasteiger partial charge >= 0.3 is 0 Å². The average Bonchev–Trinajstić information content (AvgIpc) is 2.45. The molecule has 1 aromatic rings. The quantitative estimate of drug-likeness (QED) is 0.717. The number of carbonyl (C=O) groups excluding carboxylic acids is 1. The molecule has 0 fully saturated rings. The monoisotopic (exact) mass is 277 g/mol. The number of nitrogens with zero attached hydrogens (tertiary/aromatic N) is 1. The SMILES string of the molecule is CCCCNC(=O)CN(c1ccc(CN)cc1)C(C)C. The number of rotatable bonds is 8. The Kier molecular flexibility index (Phi) is 7.09. The van der Waals surface area contributed by atoms with Crippen molar-refractivity contribution >= 4 is 11.6 Å².